The summed E-state index contributed by atoms with van der Waals surface area (Å²) in [5.41, 5.74) is 2.89. The van der Waals surface area contributed by atoms with Crippen LogP contribution in [0.15, 0.2) is 18.2 Å². The number of aliphatic hydroxyl groups is 1. The molecular weight excluding hydrogens is 226 g/mol. The first-order chi connectivity index (χ1) is 8.63. The molecule has 1 aliphatic rings. The summed E-state index contributed by atoms with van der Waals surface area (Å²) in [5.74, 6) is 0. The molecule has 2 unspecified atom stereocenters. The van der Waals surface area contributed by atoms with Crippen molar-refractivity contribution in [1.29, 1.82) is 0 Å². The first-order valence-corrected chi connectivity index (χ1v) is 6.60. The lowest BCUT2D eigenvalue weighted by Crippen LogP contribution is -2.43. The molecule has 0 saturated heterocycles. The molecule has 0 spiro atoms. The molecule has 3 nitrogen and oxygen atoms in total. The Morgan fingerprint density at radius 3 is 2.67 bits per heavy atom. The van der Waals surface area contributed by atoms with E-state index in [2.05, 4.69) is 4.90 Å². The van der Waals surface area contributed by atoms with Crippen LogP contribution in [0.1, 0.15) is 41.6 Å². The van der Waals surface area contributed by atoms with Gasteiger partial charge in [0.25, 0.3) is 0 Å². The van der Waals surface area contributed by atoms with Crippen LogP contribution in [0.2, 0.25) is 0 Å². The zero-order valence-electron chi connectivity index (χ0n) is 11.1. The molecule has 0 heterocycles. The number of nitrogens with zero attached hydrogens (tertiary/aromatic N) is 1. The van der Waals surface area contributed by atoms with Crippen LogP contribution in [0.5, 0.6) is 0 Å². The third-order valence-electron chi connectivity index (χ3n) is 3.93. The van der Waals surface area contributed by atoms with Gasteiger partial charge >= 0.3 is 0 Å². The van der Waals surface area contributed by atoms with E-state index < -0.39 is 0 Å². The van der Waals surface area contributed by atoms with E-state index in [1.165, 1.54) is 6.42 Å². The van der Waals surface area contributed by atoms with Crippen molar-refractivity contribution >= 4 is 12.0 Å². The number of aryl methyl sites for hydroxylation is 1. The summed E-state index contributed by atoms with van der Waals surface area (Å²) in [7, 11) is 2.03. The van der Waals surface area contributed by atoms with Gasteiger partial charge in [0.2, 0.25) is 0 Å². The van der Waals surface area contributed by atoms with E-state index in [9.17, 15) is 9.90 Å². The molecule has 98 valence electrons. The normalized spacial score (nSPS) is 23.7. The van der Waals surface area contributed by atoms with Gasteiger partial charge in [-0.2, -0.15) is 0 Å². The van der Waals surface area contributed by atoms with Crippen LogP contribution < -0.4 is 4.90 Å². The fourth-order valence-electron chi connectivity index (χ4n) is 2.87. The number of carbonyl (C=O) groups excluding carboxylic acids is 1. The van der Waals surface area contributed by atoms with Gasteiger partial charge in [-0.1, -0.05) is 12.8 Å². The van der Waals surface area contributed by atoms with E-state index in [1.807, 2.05) is 32.2 Å². The van der Waals surface area contributed by atoms with Gasteiger partial charge in [-0.15, -0.1) is 0 Å². The predicted octanol–water partition coefficient (Wildman–Crippen LogP) is 2.55. The monoisotopic (exact) mass is 247 g/mol. The number of aliphatic hydroxyl groups excluding tert-OH is 1. The van der Waals surface area contributed by atoms with Gasteiger partial charge in [-0.05, 0) is 43.5 Å². The minimum absolute atomic E-state index is 0.194. The standard InChI is InChI=1S/C15H21NO2/c1-11-9-12(10-17)7-8-13(11)16(2)14-5-3-4-6-15(14)18/h7-10,14-15,18H,3-6H2,1-2H3. The minimum Gasteiger partial charge on any atom is -0.391 e. The van der Waals surface area contributed by atoms with Crippen molar-refractivity contribution in [3.8, 4) is 0 Å². The van der Waals surface area contributed by atoms with E-state index in [1.54, 1.807) is 0 Å². The molecule has 1 aromatic carbocycles. The van der Waals surface area contributed by atoms with Crippen LogP contribution in [0.25, 0.3) is 0 Å². The molecule has 1 N–H and O–H groups in total. The topological polar surface area (TPSA) is 40.5 Å². The summed E-state index contributed by atoms with van der Waals surface area (Å²) in [6.45, 7) is 2.01. The maximum absolute atomic E-state index is 10.7. The van der Waals surface area contributed by atoms with E-state index >= 15 is 0 Å². The van der Waals surface area contributed by atoms with Crippen molar-refractivity contribution in [3.05, 3.63) is 29.3 Å². The summed E-state index contributed by atoms with van der Waals surface area (Å²) >= 11 is 0. The average molecular weight is 247 g/mol. The number of hydrogen-bond donors (Lipinski definition) is 1. The summed E-state index contributed by atoms with van der Waals surface area (Å²) in [4.78, 5) is 12.9. The Bertz CT molecular complexity index is 431. The SMILES string of the molecule is Cc1cc(C=O)ccc1N(C)C1CCCCC1O. The van der Waals surface area contributed by atoms with Crippen molar-refractivity contribution in [2.45, 2.75) is 44.8 Å². The predicted molar refractivity (Wildman–Crippen MR) is 73.2 cm³/mol. The van der Waals surface area contributed by atoms with E-state index in [4.69, 9.17) is 0 Å². The van der Waals surface area contributed by atoms with E-state index in [-0.39, 0.29) is 12.1 Å². The highest BCUT2D eigenvalue weighted by Gasteiger charge is 2.27. The van der Waals surface area contributed by atoms with Gasteiger partial charge in [0.1, 0.15) is 6.29 Å². The van der Waals surface area contributed by atoms with Crippen LogP contribution in [0, 0.1) is 6.92 Å². The Morgan fingerprint density at radius 2 is 2.06 bits per heavy atom. The van der Waals surface area contributed by atoms with Gasteiger partial charge in [0, 0.05) is 18.3 Å². The third kappa shape index (κ3) is 2.56. The first-order valence-electron chi connectivity index (χ1n) is 6.60. The maximum Gasteiger partial charge on any atom is 0.150 e. The highest BCUT2D eigenvalue weighted by atomic mass is 16.3. The Kier molecular flexibility index (Phi) is 4.02. The zero-order valence-corrected chi connectivity index (χ0v) is 11.1. The third-order valence-corrected chi connectivity index (χ3v) is 3.93. The van der Waals surface area contributed by atoms with E-state index in [0.717, 1.165) is 36.8 Å². The lowest BCUT2D eigenvalue weighted by molar-refractivity contribution is 0.106. The molecule has 0 aromatic heterocycles. The quantitative estimate of drug-likeness (QED) is 0.834. The fourth-order valence-corrected chi connectivity index (χ4v) is 2.87. The molecule has 0 radical (unpaired) electrons. The minimum atomic E-state index is -0.242. The molecule has 0 amide bonds. The zero-order chi connectivity index (χ0) is 13.1. The molecular formula is C15H21NO2. The average Bonchev–Trinajstić information content (AvgIpc) is 2.38. The van der Waals surface area contributed by atoms with Crippen molar-refractivity contribution < 1.29 is 9.90 Å². The number of likely N-dealkylation sites (N-methyl/N-ethyl adjacent to an activating group) is 1. The van der Waals surface area contributed by atoms with Crippen molar-refractivity contribution in [3.63, 3.8) is 0 Å². The summed E-state index contributed by atoms with van der Waals surface area (Å²) in [5, 5.41) is 10.1. The smallest absolute Gasteiger partial charge is 0.150 e. The highest BCUT2D eigenvalue weighted by Crippen LogP contribution is 2.28. The van der Waals surface area contributed by atoms with Crippen LogP contribution >= 0.6 is 0 Å². The lowest BCUT2D eigenvalue weighted by atomic mass is 9.91. The Morgan fingerprint density at radius 1 is 1.33 bits per heavy atom. The molecule has 18 heavy (non-hydrogen) atoms. The number of anilines is 1. The van der Waals surface area contributed by atoms with Gasteiger partial charge in [-0.3, -0.25) is 4.79 Å². The molecule has 1 aromatic rings. The fraction of sp³-hybridized carbons (Fsp3) is 0.533. The molecule has 0 aliphatic heterocycles. The number of aldehydes is 1. The second-order valence-electron chi connectivity index (χ2n) is 5.19. The van der Waals surface area contributed by atoms with Crippen LogP contribution in [-0.4, -0.2) is 30.6 Å². The molecule has 1 fully saturated rings. The number of carbonyl (C=O) groups is 1. The number of rotatable bonds is 3. The summed E-state index contributed by atoms with van der Waals surface area (Å²) in [6, 6.07) is 5.90. The van der Waals surface area contributed by atoms with Gasteiger partial charge in [0.15, 0.2) is 0 Å². The number of hydrogen-bond acceptors (Lipinski definition) is 3. The molecule has 2 rings (SSSR count). The lowest BCUT2D eigenvalue weighted by Gasteiger charge is -2.37. The van der Waals surface area contributed by atoms with Crippen molar-refractivity contribution in [2.24, 2.45) is 0 Å². The largest absolute Gasteiger partial charge is 0.391 e. The van der Waals surface area contributed by atoms with Crippen molar-refractivity contribution in [1.82, 2.24) is 0 Å². The van der Waals surface area contributed by atoms with Crippen LogP contribution in [0.3, 0.4) is 0 Å². The Balaban J connectivity index is 2.22. The van der Waals surface area contributed by atoms with Gasteiger partial charge < -0.3 is 10.0 Å². The van der Waals surface area contributed by atoms with Crippen molar-refractivity contribution in [2.75, 3.05) is 11.9 Å². The molecule has 1 saturated carbocycles. The first kappa shape index (κ1) is 13.1. The van der Waals surface area contributed by atoms with Gasteiger partial charge in [0.05, 0.1) is 12.1 Å². The van der Waals surface area contributed by atoms with Gasteiger partial charge in [-0.25, -0.2) is 0 Å². The molecule has 2 atom stereocenters. The van der Waals surface area contributed by atoms with E-state index in [0.29, 0.717) is 5.56 Å². The second-order valence-corrected chi connectivity index (χ2v) is 5.19. The molecule has 0 bridgehead atoms. The summed E-state index contributed by atoms with van der Waals surface area (Å²) in [6.07, 6.45) is 4.85. The number of benzene rings is 1. The molecule has 1 aliphatic carbocycles. The molecule has 3 heteroatoms. The summed E-state index contributed by atoms with van der Waals surface area (Å²) < 4.78 is 0. The highest BCUT2D eigenvalue weighted by molar-refractivity contribution is 5.77. The van der Waals surface area contributed by atoms with Crippen LogP contribution in [0.4, 0.5) is 5.69 Å². The second kappa shape index (κ2) is 5.53. The van der Waals surface area contributed by atoms with Crippen LogP contribution in [-0.2, 0) is 0 Å². The maximum atomic E-state index is 10.7. The Labute approximate surface area is 108 Å². The Hall–Kier alpha value is -1.35.